The Bertz CT molecular complexity index is 498. The first-order valence-corrected chi connectivity index (χ1v) is 5.00. The molecule has 1 saturated heterocycles. The van der Waals surface area contributed by atoms with E-state index in [9.17, 15) is 14.4 Å². The molecule has 6 heteroatoms. The molecule has 0 radical (unpaired) electrons. The van der Waals surface area contributed by atoms with Gasteiger partial charge in [-0.1, -0.05) is 12.1 Å². The van der Waals surface area contributed by atoms with Crippen LogP contribution in [-0.2, 0) is 11.2 Å². The fraction of sp³-hybridized carbons (Fsp3) is 0.182. The molecule has 0 bridgehead atoms. The average molecular weight is 234 g/mol. The normalized spacial score (nSPS) is 18.7. The number of carboxylic acid groups (broad SMARTS) is 1. The van der Waals surface area contributed by atoms with Crippen LogP contribution in [0.1, 0.15) is 15.9 Å². The minimum atomic E-state index is -1.02. The second-order valence-electron chi connectivity index (χ2n) is 3.72. The van der Waals surface area contributed by atoms with Gasteiger partial charge in [0.15, 0.2) is 0 Å². The van der Waals surface area contributed by atoms with Gasteiger partial charge < -0.3 is 10.4 Å². The van der Waals surface area contributed by atoms with Crippen molar-refractivity contribution in [2.75, 3.05) is 0 Å². The molecular weight excluding hydrogens is 224 g/mol. The Morgan fingerprint density at radius 3 is 2.71 bits per heavy atom. The highest BCUT2D eigenvalue weighted by atomic mass is 16.4. The van der Waals surface area contributed by atoms with Crippen molar-refractivity contribution in [2.24, 2.45) is 0 Å². The Labute approximate surface area is 96.6 Å². The predicted octanol–water partition coefficient (Wildman–Crippen LogP) is 0.135. The first kappa shape index (κ1) is 11.1. The second-order valence-corrected chi connectivity index (χ2v) is 3.72. The van der Waals surface area contributed by atoms with Gasteiger partial charge in [0.25, 0.3) is 5.91 Å². The van der Waals surface area contributed by atoms with Crippen molar-refractivity contribution >= 4 is 17.9 Å². The van der Waals surface area contributed by atoms with E-state index in [0.717, 1.165) is 0 Å². The maximum atomic E-state index is 11.3. The SMILES string of the molecule is O=C1NC(=O)[C@@H](Cc2cccc(C(=O)O)c2)N1. The zero-order valence-corrected chi connectivity index (χ0v) is 8.77. The number of urea groups is 1. The minimum Gasteiger partial charge on any atom is -0.478 e. The predicted molar refractivity (Wildman–Crippen MR) is 57.6 cm³/mol. The Morgan fingerprint density at radius 1 is 1.35 bits per heavy atom. The van der Waals surface area contributed by atoms with Crippen LogP contribution in [0.3, 0.4) is 0 Å². The van der Waals surface area contributed by atoms with Gasteiger partial charge in [0, 0.05) is 6.42 Å². The zero-order chi connectivity index (χ0) is 12.4. The smallest absolute Gasteiger partial charge is 0.335 e. The minimum absolute atomic E-state index is 0.159. The molecule has 88 valence electrons. The lowest BCUT2D eigenvalue weighted by molar-refractivity contribution is -0.120. The maximum Gasteiger partial charge on any atom is 0.335 e. The van der Waals surface area contributed by atoms with Crippen LogP contribution in [0, 0.1) is 0 Å². The van der Waals surface area contributed by atoms with E-state index in [0.29, 0.717) is 5.56 Å². The van der Waals surface area contributed by atoms with Crippen LogP contribution in [0.2, 0.25) is 0 Å². The van der Waals surface area contributed by atoms with Crippen molar-refractivity contribution in [3.05, 3.63) is 35.4 Å². The molecule has 0 unspecified atom stereocenters. The molecular formula is C11H10N2O4. The first-order valence-electron chi connectivity index (χ1n) is 5.00. The van der Waals surface area contributed by atoms with Crippen molar-refractivity contribution in [3.63, 3.8) is 0 Å². The van der Waals surface area contributed by atoms with Gasteiger partial charge in [-0.15, -0.1) is 0 Å². The van der Waals surface area contributed by atoms with Crippen LogP contribution in [0.5, 0.6) is 0 Å². The zero-order valence-electron chi connectivity index (χ0n) is 8.77. The lowest BCUT2D eigenvalue weighted by Crippen LogP contribution is -2.31. The number of carbonyl (C=O) groups excluding carboxylic acids is 2. The molecule has 1 heterocycles. The standard InChI is InChI=1S/C11H10N2O4/c14-9-8(12-11(17)13-9)5-6-2-1-3-7(4-6)10(15)16/h1-4,8H,5H2,(H,15,16)(H2,12,13,14,17)/t8-/m1/s1. The van der Waals surface area contributed by atoms with Crippen LogP contribution in [0.15, 0.2) is 24.3 Å². The number of rotatable bonds is 3. The Balaban J connectivity index is 2.13. The van der Waals surface area contributed by atoms with Crippen LogP contribution in [0.25, 0.3) is 0 Å². The van der Waals surface area contributed by atoms with Crippen molar-refractivity contribution in [3.8, 4) is 0 Å². The van der Waals surface area contributed by atoms with Crippen molar-refractivity contribution < 1.29 is 19.5 Å². The van der Waals surface area contributed by atoms with Crippen LogP contribution in [-0.4, -0.2) is 29.1 Å². The molecule has 3 N–H and O–H groups in total. The maximum absolute atomic E-state index is 11.3. The molecule has 0 aromatic heterocycles. The summed E-state index contributed by atoms with van der Waals surface area (Å²) in [6, 6.07) is 5.12. The monoisotopic (exact) mass is 234 g/mol. The van der Waals surface area contributed by atoms with E-state index in [1.54, 1.807) is 12.1 Å². The summed E-state index contributed by atoms with van der Waals surface area (Å²) >= 11 is 0. The van der Waals surface area contributed by atoms with E-state index in [1.165, 1.54) is 12.1 Å². The van der Waals surface area contributed by atoms with Gasteiger partial charge in [-0.3, -0.25) is 10.1 Å². The third-order valence-electron chi connectivity index (χ3n) is 2.47. The molecule has 1 aliphatic rings. The highest BCUT2D eigenvalue weighted by molar-refractivity contribution is 6.04. The molecule has 2 rings (SSSR count). The summed E-state index contributed by atoms with van der Waals surface area (Å²) < 4.78 is 0. The molecule has 0 aliphatic carbocycles. The number of imide groups is 1. The number of hydrogen-bond acceptors (Lipinski definition) is 3. The lowest BCUT2D eigenvalue weighted by Gasteiger charge is -2.07. The van der Waals surface area contributed by atoms with E-state index < -0.39 is 23.9 Å². The van der Waals surface area contributed by atoms with E-state index >= 15 is 0 Å². The van der Waals surface area contributed by atoms with Crippen LogP contribution < -0.4 is 10.6 Å². The first-order chi connectivity index (χ1) is 8.06. The summed E-state index contributed by atoms with van der Waals surface area (Å²) in [6.45, 7) is 0. The quantitative estimate of drug-likeness (QED) is 0.648. The largest absolute Gasteiger partial charge is 0.478 e. The van der Waals surface area contributed by atoms with Gasteiger partial charge in [0.05, 0.1) is 5.56 Å². The molecule has 0 saturated carbocycles. The topological polar surface area (TPSA) is 95.5 Å². The van der Waals surface area contributed by atoms with Crippen molar-refractivity contribution in [1.29, 1.82) is 0 Å². The number of nitrogens with one attached hydrogen (secondary N) is 2. The van der Waals surface area contributed by atoms with Crippen LogP contribution >= 0.6 is 0 Å². The highest BCUT2D eigenvalue weighted by Gasteiger charge is 2.29. The molecule has 1 aromatic rings. The van der Waals surface area contributed by atoms with E-state index in [1.807, 2.05) is 0 Å². The number of carbonyl (C=O) groups is 3. The molecule has 17 heavy (non-hydrogen) atoms. The van der Waals surface area contributed by atoms with Crippen molar-refractivity contribution in [2.45, 2.75) is 12.5 Å². The van der Waals surface area contributed by atoms with E-state index in [2.05, 4.69) is 10.6 Å². The van der Waals surface area contributed by atoms with Gasteiger partial charge in [0.2, 0.25) is 0 Å². The Morgan fingerprint density at radius 2 is 2.12 bits per heavy atom. The van der Waals surface area contributed by atoms with Gasteiger partial charge in [-0.2, -0.15) is 0 Å². The number of amides is 3. The molecule has 0 spiro atoms. The van der Waals surface area contributed by atoms with Gasteiger partial charge >= 0.3 is 12.0 Å². The summed E-state index contributed by atoms with van der Waals surface area (Å²) in [6.07, 6.45) is 0.276. The number of carboxylic acids is 1. The van der Waals surface area contributed by atoms with Gasteiger partial charge in [-0.05, 0) is 17.7 Å². The third kappa shape index (κ3) is 2.41. The van der Waals surface area contributed by atoms with Gasteiger partial charge in [0.1, 0.15) is 6.04 Å². The fourth-order valence-corrected chi connectivity index (χ4v) is 1.67. The molecule has 1 fully saturated rings. The molecule has 1 atom stereocenters. The molecule has 6 nitrogen and oxygen atoms in total. The Hall–Kier alpha value is -2.37. The Kier molecular flexibility index (Phi) is 2.78. The number of benzene rings is 1. The summed E-state index contributed by atoms with van der Waals surface area (Å²) in [5, 5.41) is 13.4. The number of hydrogen-bond donors (Lipinski definition) is 3. The van der Waals surface area contributed by atoms with E-state index in [4.69, 9.17) is 5.11 Å². The summed E-state index contributed by atoms with van der Waals surface area (Å²) in [7, 11) is 0. The van der Waals surface area contributed by atoms with Gasteiger partial charge in [-0.25, -0.2) is 9.59 Å². The second kappa shape index (κ2) is 4.25. The third-order valence-corrected chi connectivity index (χ3v) is 2.47. The summed E-state index contributed by atoms with van der Waals surface area (Å²) in [5.74, 6) is -1.41. The average Bonchev–Trinajstić information content (AvgIpc) is 2.58. The fourth-order valence-electron chi connectivity index (χ4n) is 1.67. The highest BCUT2D eigenvalue weighted by Crippen LogP contribution is 2.09. The summed E-state index contributed by atoms with van der Waals surface area (Å²) in [4.78, 5) is 32.9. The number of aromatic carboxylic acids is 1. The molecule has 3 amide bonds. The van der Waals surface area contributed by atoms with Crippen molar-refractivity contribution in [1.82, 2.24) is 10.6 Å². The molecule has 1 aliphatic heterocycles. The van der Waals surface area contributed by atoms with E-state index in [-0.39, 0.29) is 12.0 Å². The summed E-state index contributed by atoms with van der Waals surface area (Å²) in [5.41, 5.74) is 0.847. The van der Waals surface area contributed by atoms with Crippen LogP contribution in [0.4, 0.5) is 4.79 Å². The lowest BCUT2D eigenvalue weighted by atomic mass is 10.0. The molecule has 1 aromatic carbocycles.